The van der Waals surface area contributed by atoms with Gasteiger partial charge in [-0.1, -0.05) is 6.07 Å². The lowest BCUT2D eigenvalue weighted by Gasteiger charge is -2.15. The van der Waals surface area contributed by atoms with Crippen LogP contribution < -0.4 is 5.32 Å². The van der Waals surface area contributed by atoms with Crippen LogP contribution in [-0.2, 0) is 0 Å². The van der Waals surface area contributed by atoms with Crippen molar-refractivity contribution in [2.45, 2.75) is 12.3 Å². The number of aromatic amines is 1. The summed E-state index contributed by atoms with van der Waals surface area (Å²) < 4.78 is 49.3. The van der Waals surface area contributed by atoms with E-state index in [2.05, 4.69) is 4.98 Å². The van der Waals surface area contributed by atoms with Crippen LogP contribution in [0, 0.1) is 0 Å². The van der Waals surface area contributed by atoms with Crippen molar-refractivity contribution >= 4 is 16.8 Å². The third kappa shape index (κ3) is 2.69. The second-order valence-electron chi connectivity index (χ2n) is 3.99. The number of carbonyl (C=O) groups excluding carboxylic acids is 1. The fraction of sp³-hybridized carbons (Fsp3) is 0.250. The monoisotopic (exact) mass is 274 g/mol. The first kappa shape index (κ1) is 13.4. The molecule has 19 heavy (non-hydrogen) atoms. The Bertz CT molecular complexity index is 594. The number of H-pyrrole nitrogens is 1. The van der Waals surface area contributed by atoms with Crippen LogP contribution >= 0.6 is 0 Å². The van der Waals surface area contributed by atoms with Crippen LogP contribution in [0.5, 0.6) is 0 Å². The molecule has 0 atom stereocenters. The first-order chi connectivity index (χ1) is 8.92. The van der Waals surface area contributed by atoms with E-state index in [4.69, 9.17) is 0 Å². The van der Waals surface area contributed by atoms with Crippen LogP contribution in [0.4, 0.5) is 17.6 Å². The predicted octanol–water partition coefficient (Wildman–Crippen LogP) is 2.80. The predicted molar refractivity (Wildman–Crippen MR) is 61.6 cm³/mol. The van der Waals surface area contributed by atoms with Gasteiger partial charge in [-0.2, -0.15) is 8.78 Å². The lowest BCUT2D eigenvalue weighted by Crippen LogP contribution is -2.41. The molecule has 0 saturated carbocycles. The van der Waals surface area contributed by atoms with Crippen molar-refractivity contribution in [3.8, 4) is 0 Å². The topological polar surface area (TPSA) is 44.9 Å². The zero-order chi connectivity index (χ0) is 14.0. The third-order valence-corrected chi connectivity index (χ3v) is 2.64. The maximum absolute atomic E-state index is 12.7. The summed E-state index contributed by atoms with van der Waals surface area (Å²) in [6.45, 7) is -1.40. The molecule has 2 rings (SSSR count). The number of amides is 1. The van der Waals surface area contributed by atoms with Gasteiger partial charge < -0.3 is 10.3 Å². The Balaban J connectivity index is 2.15. The highest BCUT2D eigenvalue weighted by Crippen LogP contribution is 2.22. The molecule has 0 fully saturated rings. The van der Waals surface area contributed by atoms with Gasteiger partial charge in [0.1, 0.15) is 0 Å². The van der Waals surface area contributed by atoms with Crippen LogP contribution in [0.2, 0.25) is 0 Å². The molecule has 3 nitrogen and oxygen atoms in total. The Morgan fingerprint density at radius 1 is 1.32 bits per heavy atom. The van der Waals surface area contributed by atoms with Gasteiger partial charge in [-0.3, -0.25) is 4.79 Å². The van der Waals surface area contributed by atoms with Crippen molar-refractivity contribution < 1.29 is 22.4 Å². The lowest BCUT2D eigenvalue weighted by atomic mass is 10.1. The number of carbonyl (C=O) groups is 1. The Hall–Kier alpha value is -2.05. The average Bonchev–Trinajstić information content (AvgIpc) is 2.83. The van der Waals surface area contributed by atoms with Crippen LogP contribution in [0.15, 0.2) is 30.5 Å². The average molecular weight is 274 g/mol. The largest absolute Gasteiger partial charge is 0.361 e. The number of rotatable bonds is 4. The molecule has 0 radical (unpaired) electrons. The van der Waals surface area contributed by atoms with E-state index in [9.17, 15) is 22.4 Å². The molecule has 0 unspecified atom stereocenters. The fourth-order valence-corrected chi connectivity index (χ4v) is 1.65. The molecule has 2 N–H and O–H groups in total. The minimum absolute atomic E-state index is 0.156. The van der Waals surface area contributed by atoms with E-state index in [1.54, 1.807) is 24.4 Å². The van der Waals surface area contributed by atoms with E-state index in [0.717, 1.165) is 0 Å². The highest BCUT2D eigenvalue weighted by molar-refractivity contribution is 6.06. The van der Waals surface area contributed by atoms with Crippen molar-refractivity contribution in [3.05, 3.63) is 36.0 Å². The molecular formula is C12H10F4N2O. The molecule has 0 aliphatic rings. The first-order valence-corrected chi connectivity index (χ1v) is 5.42. The molecule has 0 bridgehead atoms. The van der Waals surface area contributed by atoms with Gasteiger partial charge in [0.25, 0.3) is 5.91 Å². The molecule has 1 heterocycles. The molecular weight excluding hydrogens is 264 g/mol. The molecule has 7 heteroatoms. The Morgan fingerprint density at radius 2 is 2.05 bits per heavy atom. The number of fused-ring (bicyclic) bond motifs is 1. The molecule has 0 aliphatic heterocycles. The SMILES string of the molecule is O=C(NCC(F)(F)C(F)F)c1cccc2[nH]ccc12. The number of aromatic nitrogens is 1. The van der Waals surface area contributed by atoms with Crippen molar-refractivity contribution in [3.63, 3.8) is 0 Å². The summed E-state index contributed by atoms with van der Waals surface area (Å²) >= 11 is 0. The molecule has 0 spiro atoms. The molecule has 1 aromatic carbocycles. The summed E-state index contributed by atoms with van der Waals surface area (Å²) in [5.41, 5.74) is 0.817. The van der Waals surface area contributed by atoms with E-state index in [1.165, 1.54) is 6.07 Å². The number of halogens is 4. The quantitative estimate of drug-likeness (QED) is 0.827. The van der Waals surface area contributed by atoms with Gasteiger partial charge in [0.05, 0.1) is 6.54 Å². The maximum Gasteiger partial charge on any atom is 0.324 e. The van der Waals surface area contributed by atoms with Gasteiger partial charge in [-0.25, -0.2) is 8.78 Å². The zero-order valence-corrected chi connectivity index (χ0v) is 9.59. The van der Waals surface area contributed by atoms with Crippen LogP contribution in [0.25, 0.3) is 10.9 Å². The fourth-order valence-electron chi connectivity index (χ4n) is 1.65. The molecule has 1 aromatic heterocycles. The number of alkyl halides is 4. The highest BCUT2D eigenvalue weighted by atomic mass is 19.3. The highest BCUT2D eigenvalue weighted by Gasteiger charge is 2.40. The van der Waals surface area contributed by atoms with Crippen LogP contribution in [0.1, 0.15) is 10.4 Å². The standard InChI is InChI=1S/C12H10F4N2O/c13-11(14)12(15,16)6-18-10(19)8-2-1-3-9-7(8)4-5-17-9/h1-5,11,17H,6H2,(H,18,19). The van der Waals surface area contributed by atoms with Crippen molar-refractivity contribution in [2.24, 2.45) is 0 Å². The number of benzene rings is 1. The summed E-state index contributed by atoms with van der Waals surface area (Å²) in [6.07, 6.45) is -2.22. The first-order valence-electron chi connectivity index (χ1n) is 5.42. The molecule has 102 valence electrons. The van der Waals surface area contributed by atoms with E-state index < -0.39 is 24.8 Å². The summed E-state index contributed by atoms with van der Waals surface area (Å²) in [5, 5.41) is 2.36. The lowest BCUT2D eigenvalue weighted by molar-refractivity contribution is -0.123. The Kier molecular flexibility index (Phi) is 3.46. The summed E-state index contributed by atoms with van der Waals surface area (Å²) in [5.74, 6) is -5.05. The van der Waals surface area contributed by atoms with Gasteiger partial charge >= 0.3 is 12.3 Å². The van der Waals surface area contributed by atoms with E-state index in [0.29, 0.717) is 10.9 Å². The Labute approximate surface area is 105 Å². The number of nitrogens with one attached hydrogen (secondary N) is 2. The van der Waals surface area contributed by atoms with Gasteiger partial charge in [-0.05, 0) is 18.2 Å². The van der Waals surface area contributed by atoms with E-state index in [-0.39, 0.29) is 5.56 Å². The number of hydrogen-bond donors (Lipinski definition) is 2. The van der Waals surface area contributed by atoms with Crippen molar-refractivity contribution in [1.82, 2.24) is 10.3 Å². The van der Waals surface area contributed by atoms with Gasteiger partial charge in [0, 0.05) is 22.7 Å². The minimum atomic E-state index is -4.23. The zero-order valence-electron chi connectivity index (χ0n) is 9.59. The molecule has 2 aromatic rings. The second-order valence-corrected chi connectivity index (χ2v) is 3.99. The van der Waals surface area contributed by atoms with Crippen LogP contribution in [-0.4, -0.2) is 29.8 Å². The third-order valence-electron chi connectivity index (χ3n) is 2.64. The summed E-state index contributed by atoms with van der Waals surface area (Å²) in [7, 11) is 0. The van der Waals surface area contributed by atoms with Crippen LogP contribution in [0.3, 0.4) is 0 Å². The Morgan fingerprint density at radius 3 is 2.74 bits per heavy atom. The second kappa shape index (κ2) is 4.91. The van der Waals surface area contributed by atoms with Gasteiger partial charge in [-0.15, -0.1) is 0 Å². The van der Waals surface area contributed by atoms with Gasteiger partial charge in [0.15, 0.2) is 0 Å². The summed E-state index contributed by atoms with van der Waals surface area (Å²) in [4.78, 5) is 14.6. The van der Waals surface area contributed by atoms with Crippen molar-refractivity contribution in [2.75, 3.05) is 6.54 Å². The maximum atomic E-state index is 12.7. The smallest absolute Gasteiger partial charge is 0.324 e. The van der Waals surface area contributed by atoms with E-state index in [1.807, 2.05) is 5.32 Å². The van der Waals surface area contributed by atoms with E-state index >= 15 is 0 Å². The van der Waals surface area contributed by atoms with Crippen molar-refractivity contribution in [1.29, 1.82) is 0 Å². The summed E-state index contributed by atoms with van der Waals surface area (Å²) in [6, 6.07) is 6.32. The molecule has 1 amide bonds. The van der Waals surface area contributed by atoms with Gasteiger partial charge in [0.2, 0.25) is 0 Å². The molecule has 0 saturated heterocycles. The normalized spacial score (nSPS) is 12.1. The number of hydrogen-bond acceptors (Lipinski definition) is 1. The minimum Gasteiger partial charge on any atom is -0.361 e. The molecule has 0 aliphatic carbocycles.